The van der Waals surface area contributed by atoms with Gasteiger partial charge in [0.05, 0.1) is 6.61 Å². The van der Waals surface area contributed by atoms with E-state index in [1.165, 1.54) is 18.9 Å². The first-order chi connectivity index (χ1) is 12.6. The zero-order valence-electron chi connectivity index (χ0n) is 16.4. The van der Waals surface area contributed by atoms with E-state index in [9.17, 15) is 4.39 Å². The summed E-state index contributed by atoms with van der Waals surface area (Å²) in [5.41, 5.74) is 0.949. The zero-order chi connectivity index (χ0) is 18.8. The second-order valence-electron chi connectivity index (χ2n) is 6.96. The number of halogens is 1. The number of piperidine rings is 1. The third-order valence-corrected chi connectivity index (χ3v) is 4.82. The Bertz CT molecular complexity index is 558. The molecule has 1 aromatic rings. The number of benzene rings is 1. The maximum atomic E-state index is 13.4. The summed E-state index contributed by atoms with van der Waals surface area (Å²) in [6.07, 6.45) is 2.36. The predicted octanol–water partition coefficient (Wildman–Crippen LogP) is 2.58. The van der Waals surface area contributed by atoms with Crippen LogP contribution in [0.2, 0.25) is 0 Å². The number of rotatable bonds is 8. The van der Waals surface area contributed by atoms with Gasteiger partial charge in [-0.05, 0) is 56.5 Å². The fourth-order valence-corrected chi connectivity index (χ4v) is 3.28. The van der Waals surface area contributed by atoms with Gasteiger partial charge in [0.2, 0.25) is 0 Å². The second-order valence-corrected chi connectivity index (χ2v) is 6.96. The summed E-state index contributed by atoms with van der Waals surface area (Å²) >= 11 is 0. The van der Waals surface area contributed by atoms with Crippen molar-refractivity contribution in [3.8, 4) is 0 Å². The van der Waals surface area contributed by atoms with E-state index < -0.39 is 0 Å². The molecule has 0 spiro atoms. The first kappa shape index (κ1) is 20.6. The molecule has 0 aliphatic carbocycles. The van der Waals surface area contributed by atoms with Gasteiger partial charge in [0, 0.05) is 40.3 Å². The normalized spacial score (nSPS) is 16.7. The van der Waals surface area contributed by atoms with E-state index in [0.29, 0.717) is 12.5 Å². The van der Waals surface area contributed by atoms with Crippen molar-refractivity contribution in [1.82, 2.24) is 15.1 Å². The number of hydrogen-bond acceptors (Lipinski definition) is 3. The van der Waals surface area contributed by atoms with E-state index in [1.54, 1.807) is 19.2 Å². The second kappa shape index (κ2) is 11.1. The highest BCUT2D eigenvalue weighted by molar-refractivity contribution is 5.79. The molecule has 1 saturated heterocycles. The molecule has 5 nitrogen and oxygen atoms in total. The van der Waals surface area contributed by atoms with Crippen LogP contribution < -0.4 is 5.32 Å². The van der Waals surface area contributed by atoms with Gasteiger partial charge in [-0.3, -0.25) is 4.99 Å². The maximum absolute atomic E-state index is 13.4. The summed E-state index contributed by atoms with van der Waals surface area (Å²) in [6, 6.07) is 6.75. The monoisotopic (exact) mass is 364 g/mol. The van der Waals surface area contributed by atoms with Gasteiger partial charge in [-0.1, -0.05) is 12.1 Å². The average Bonchev–Trinajstić information content (AvgIpc) is 2.64. The first-order valence-corrected chi connectivity index (χ1v) is 9.57. The van der Waals surface area contributed by atoms with Crippen LogP contribution in [0.3, 0.4) is 0 Å². The summed E-state index contributed by atoms with van der Waals surface area (Å²) in [6.45, 7) is 8.44. The number of nitrogens with one attached hydrogen (secondary N) is 1. The van der Waals surface area contributed by atoms with Gasteiger partial charge < -0.3 is 19.9 Å². The van der Waals surface area contributed by atoms with Crippen molar-refractivity contribution in [1.29, 1.82) is 0 Å². The third-order valence-electron chi connectivity index (χ3n) is 4.82. The first-order valence-electron chi connectivity index (χ1n) is 9.57. The fraction of sp³-hybridized carbons (Fsp3) is 0.650. The number of hydrogen-bond donors (Lipinski definition) is 1. The molecule has 0 amide bonds. The molecule has 1 aliphatic rings. The standard InChI is InChI=1S/C20H33FN4O/c1-4-22-20(24(2)16-18-6-5-7-19(21)14-18)23-15-17-8-10-25(11-9-17)12-13-26-3/h5-7,14,17H,4,8-13,15-16H2,1-3H3,(H,22,23). The number of aliphatic imine (C=N–C) groups is 1. The Hall–Kier alpha value is -1.66. The van der Waals surface area contributed by atoms with Crippen molar-refractivity contribution in [2.24, 2.45) is 10.9 Å². The van der Waals surface area contributed by atoms with Crippen LogP contribution in [0, 0.1) is 11.7 Å². The molecule has 0 radical (unpaired) electrons. The molecule has 26 heavy (non-hydrogen) atoms. The average molecular weight is 365 g/mol. The summed E-state index contributed by atoms with van der Waals surface area (Å²) in [4.78, 5) is 9.36. The van der Waals surface area contributed by atoms with E-state index >= 15 is 0 Å². The summed E-state index contributed by atoms with van der Waals surface area (Å²) in [5.74, 6) is 1.32. The Kier molecular flexibility index (Phi) is 8.85. The lowest BCUT2D eigenvalue weighted by Crippen LogP contribution is -2.40. The van der Waals surface area contributed by atoms with Crippen LogP contribution in [0.4, 0.5) is 4.39 Å². The van der Waals surface area contributed by atoms with E-state index in [2.05, 4.69) is 22.0 Å². The lowest BCUT2D eigenvalue weighted by molar-refractivity contribution is 0.121. The quantitative estimate of drug-likeness (QED) is 0.569. The Labute approximate surface area is 157 Å². The molecule has 1 aromatic carbocycles. The largest absolute Gasteiger partial charge is 0.383 e. The molecule has 146 valence electrons. The Morgan fingerprint density at radius 3 is 2.81 bits per heavy atom. The molecule has 1 fully saturated rings. The van der Waals surface area contributed by atoms with Gasteiger partial charge in [0.15, 0.2) is 5.96 Å². The fourth-order valence-electron chi connectivity index (χ4n) is 3.28. The van der Waals surface area contributed by atoms with Crippen molar-refractivity contribution >= 4 is 5.96 Å². The van der Waals surface area contributed by atoms with Crippen molar-refractivity contribution < 1.29 is 9.13 Å². The van der Waals surface area contributed by atoms with Crippen LogP contribution in [0.25, 0.3) is 0 Å². The van der Waals surface area contributed by atoms with E-state index in [4.69, 9.17) is 9.73 Å². The van der Waals surface area contributed by atoms with Crippen molar-refractivity contribution in [3.63, 3.8) is 0 Å². The Balaban J connectivity index is 1.86. The molecular weight excluding hydrogens is 331 g/mol. The molecule has 0 bridgehead atoms. The Morgan fingerprint density at radius 1 is 1.38 bits per heavy atom. The molecule has 0 atom stereocenters. The molecule has 1 aliphatic heterocycles. The van der Waals surface area contributed by atoms with E-state index in [0.717, 1.165) is 50.9 Å². The Morgan fingerprint density at radius 2 is 2.15 bits per heavy atom. The lowest BCUT2D eigenvalue weighted by Gasteiger charge is -2.31. The number of nitrogens with zero attached hydrogens (tertiary/aromatic N) is 3. The smallest absolute Gasteiger partial charge is 0.193 e. The van der Waals surface area contributed by atoms with Gasteiger partial charge in [0.25, 0.3) is 0 Å². The van der Waals surface area contributed by atoms with Gasteiger partial charge in [0.1, 0.15) is 5.82 Å². The highest BCUT2D eigenvalue weighted by Gasteiger charge is 2.19. The van der Waals surface area contributed by atoms with Crippen LogP contribution in [0.15, 0.2) is 29.3 Å². The maximum Gasteiger partial charge on any atom is 0.193 e. The van der Waals surface area contributed by atoms with Crippen LogP contribution >= 0.6 is 0 Å². The van der Waals surface area contributed by atoms with Gasteiger partial charge >= 0.3 is 0 Å². The van der Waals surface area contributed by atoms with Crippen LogP contribution in [-0.4, -0.2) is 69.2 Å². The van der Waals surface area contributed by atoms with E-state index in [-0.39, 0.29) is 5.82 Å². The lowest BCUT2D eigenvalue weighted by atomic mass is 9.97. The summed E-state index contributed by atoms with van der Waals surface area (Å²) < 4.78 is 18.5. The van der Waals surface area contributed by atoms with Crippen molar-refractivity contribution in [3.05, 3.63) is 35.6 Å². The molecule has 1 heterocycles. The minimum absolute atomic E-state index is 0.196. The molecule has 2 rings (SSSR count). The minimum atomic E-state index is -0.196. The third kappa shape index (κ3) is 6.92. The van der Waals surface area contributed by atoms with Crippen LogP contribution in [0.1, 0.15) is 25.3 Å². The molecule has 6 heteroatoms. The zero-order valence-corrected chi connectivity index (χ0v) is 16.4. The minimum Gasteiger partial charge on any atom is -0.383 e. The van der Waals surface area contributed by atoms with Gasteiger partial charge in [-0.25, -0.2) is 4.39 Å². The topological polar surface area (TPSA) is 40.1 Å². The summed E-state index contributed by atoms with van der Waals surface area (Å²) in [7, 11) is 3.75. The predicted molar refractivity (Wildman–Crippen MR) is 105 cm³/mol. The van der Waals surface area contributed by atoms with Gasteiger partial charge in [-0.2, -0.15) is 0 Å². The molecule has 0 aromatic heterocycles. The van der Waals surface area contributed by atoms with E-state index in [1.807, 2.05) is 13.1 Å². The summed E-state index contributed by atoms with van der Waals surface area (Å²) in [5, 5.41) is 3.35. The number of likely N-dealkylation sites (tertiary alicyclic amines) is 1. The van der Waals surface area contributed by atoms with Crippen molar-refractivity contribution in [2.45, 2.75) is 26.3 Å². The highest BCUT2D eigenvalue weighted by atomic mass is 19.1. The van der Waals surface area contributed by atoms with Gasteiger partial charge in [-0.15, -0.1) is 0 Å². The number of ether oxygens (including phenoxy) is 1. The molecule has 0 saturated carbocycles. The molecule has 1 N–H and O–H groups in total. The molecule has 0 unspecified atom stereocenters. The SMILES string of the molecule is CCNC(=NCC1CCN(CCOC)CC1)N(C)Cc1cccc(F)c1. The van der Waals surface area contributed by atoms with Crippen LogP contribution in [0.5, 0.6) is 0 Å². The number of guanidine groups is 1. The van der Waals surface area contributed by atoms with Crippen LogP contribution in [-0.2, 0) is 11.3 Å². The highest BCUT2D eigenvalue weighted by Crippen LogP contribution is 2.17. The molecular formula is C20H33FN4O. The number of methoxy groups -OCH3 is 1. The van der Waals surface area contributed by atoms with Crippen molar-refractivity contribution in [2.75, 3.05) is 53.5 Å².